The van der Waals surface area contributed by atoms with Crippen LogP contribution in [0.25, 0.3) is 10.8 Å². The van der Waals surface area contributed by atoms with Crippen molar-refractivity contribution < 1.29 is 4.79 Å². The summed E-state index contributed by atoms with van der Waals surface area (Å²) in [6, 6.07) is 17.6. The number of thiazole rings is 1. The fourth-order valence-corrected chi connectivity index (χ4v) is 5.25. The lowest BCUT2D eigenvalue weighted by molar-refractivity contribution is 0.102. The van der Waals surface area contributed by atoms with Gasteiger partial charge in [-0.3, -0.25) is 19.8 Å². The Kier molecular flexibility index (Phi) is 6.02. The zero-order valence-electron chi connectivity index (χ0n) is 18.5. The largest absolute Gasteiger partial charge is 0.296 e. The molecule has 0 bridgehead atoms. The summed E-state index contributed by atoms with van der Waals surface area (Å²) in [5.41, 5.74) is 2.41. The summed E-state index contributed by atoms with van der Waals surface area (Å²) in [4.78, 5) is 34.1. The predicted molar refractivity (Wildman–Crippen MR) is 131 cm³/mol. The van der Waals surface area contributed by atoms with E-state index in [1.807, 2.05) is 19.1 Å². The van der Waals surface area contributed by atoms with Crippen molar-refractivity contribution in [2.75, 3.05) is 11.9 Å². The highest BCUT2D eigenvalue weighted by atomic mass is 32.1. The smallest absolute Gasteiger partial charge is 0.278 e. The van der Waals surface area contributed by atoms with Gasteiger partial charge in [0.15, 0.2) is 10.8 Å². The first kappa shape index (κ1) is 21.5. The minimum absolute atomic E-state index is 0.174. The Hall–Kier alpha value is -3.36. The van der Waals surface area contributed by atoms with E-state index in [4.69, 9.17) is 0 Å². The molecule has 1 aliphatic heterocycles. The normalized spacial score (nSPS) is 13.7. The molecule has 0 saturated heterocycles. The lowest BCUT2D eigenvalue weighted by Crippen LogP contribution is -2.29. The average Bonchev–Trinajstić information content (AvgIpc) is 3.23. The summed E-state index contributed by atoms with van der Waals surface area (Å²) in [6.07, 6.45) is 1.61. The topological polar surface area (TPSA) is 80.1 Å². The summed E-state index contributed by atoms with van der Waals surface area (Å²) in [6.45, 7) is 5.10. The highest BCUT2D eigenvalue weighted by Gasteiger charge is 2.23. The van der Waals surface area contributed by atoms with E-state index in [2.05, 4.69) is 44.6 Å². The minimum Gasteiger partial charge on any atom is -0.296 e. The molecule has 168 valence electrons. The third-order valence-corrected chi connectivity index (χ3v) is 6.80. The van der Waals surface area contributed by atoms with Crippen molar-refractivity contribution in [1.29, 1.82) is 0 Å². The molecule has 0 spiro atoms. The number of aromatic nitrogens is 3. The molecule has 0 aliphatic carbocycles. The molecule has 4 aromatic rings. The first-order valence-corrected chi connectivity index (χ1v) is 12.0. The first-order valence-electron chi connectivity index (χ1n) is 11.2. The van der Waals surface area contributed by atoms with Gasteiger partial charge in [0.1, 0.15) is 0 Å². The molecule has 8 heteroatoms. The lowest BCUT2D eigenvalue weighted by Gasteiger charge is -2.25. The number of nitrogens with zero attached hydrogens (tertiary/aromatic N) is 4. The van der Waals surface area contributed by atoms with Gasteiger partial charge in [0, 0.05) is 42.9 Å². The van der Waals surface area contributed by atoms with Gasteiger partial charge in [-0.1, -0.05) is 55.5 Å². The Morgan fingerprint density at radius 1 is 1.09 bits per heavy atom. The second-order valence-electron chi connectivity index (χ2n) is 8.21. The van der Waals surface area contributed by atoms with Gasteiger partial charge in [-0.05, 0) is 18.1 Å². The molecule has 0 radical (unpaired) electrons. The van der Waals surface area contributed by atoms with E-state index >= 15 is 0 Å². The van der Waals surface area contributed by atoms with Crippen LogP contribution in [0.3, 0.4) is 0 Å². The summed E-state index contributed by atoms with van der Waals surface area (Å²) in [5, 5.41) is 8.95. The molecular formula is C25H25N5O2S. The van der Waals surface area contributed by atoms with Crippen molar-refractivity contribution in [3.8, 4) is 0 Å². The predicted octanol–water partition coefficient (Wildman–Crippen LogP) is 4.07. The molecule has 1 amide bonds. The average molecular weight is 460 g/mol. The number of benzene rings is 2. The van der Waals surface area contributed by atoms with Gasteiger partial charge in [0.05, 0.1) is 11.1 Å². The van der Waals surface area contributed by atoms with Crippen molar-refractivity contribution >= 4 is 33.1 Å². The van der Waals surface area contributed by atoms with Crippen LogP contribution in [0.15, 0.2) is 59.4 Å². The van der Waals surface area contributed by atoms with Crippen molar-refractivity contribution in [3.63, 3.8) is 0 Å². The van der Waals surface area contributed by atoms with Gasteiger partial charge in [-0.25, -0.2) is 9.67 Å². The Morgan fingerprint density at radius 2 is 1.85 bits per heavy atom. The van der Waals surface area contributed by atoms with E-state index in [1.165, 1.54) is 26.5 Å². The third-order valence-electron chi connectivity index (χ3n) is 5.80. The Balaban J connectivity index is 1.37. The zero-order chi connectivity index (χ0) is 22.8. The molecular weight excluding hydrogens is 434 g/mol. The molecule has 0 fully saturated rings. The third kappa shape index (κ3) is 4.44. The molecule has 5 rings (SSSR count). The van der Waals surface area contributed by atoms with E-state index in [-0.39, 0.29) is 17.2 Å². The van der Waals surface area contributed by atoms with E-state index in [0.717, 1.165) is 38.2 Å². The zero-order valence-corrected chi connectivity index (χ0v) is 19.3. The number of carbonyl (C=O) groups is 1. The molecule has 0 unspecified atom stereocenters. The molecule has 3 heterocycles. The van der Waals surface area contributed by atoms with Gasteiger partial charge in [-0.15, -0.1) is 11.3 Å². The van der Waals surface area contributed by atoms with Crippen LogP contribution in [0.2, 0.25) is 0 Å². The summed E-state index contributed by atoms with van der Waals surface area (Å²) in [5.74, 6) is -0.344. The van der Waals surface area contributed by atoms with E-state index in [1.54, 1.807) is 18.2 Å². The maximum Gasteiger partial charge on any atom is 0.278 e. The number of nitrogens with one attached hydrogen (secondary N) is 1. The second kappa shape index (κ2) is 9.25. The number of rotatable bonds is 6. The Morgan fingerprint density at radius 3 is 2.64 bits per heavy atom. The summed E-state index contributed by atoms with van der Waals surface area (Å²) in [7, 11) is 0. The Labute approximate surface area is 195 Å². The number of fused-ring (bicyclic) bond motifs is 2. The minimum atomic E-state index is -0.344. The van der Waals surface area contributed by atoms with E-state index in [0.29, 0.717) is 22.4 Å². The maximum atomic E-state index is 13.2. The van der Waals surface area contributed by atoms with Crippen LogP contribution in [0.4, 0.5) is 5.13 Å². The lowest BCUT2D eigenvalue weighted by atomic mass is 10.1. The van der Waals surface area contributed by atoms with Gasteiger partial charge in [-0.2, -0.15) is 5.10 Å². The van der Waals surface area contributed by atoms with Crippen LogP contribution in [-0.4, -0.2) is 32.1 Å². The van der Waals surface area contributed by atoms with Crippen LogP contribution in [0.1, 0.15) is 40.0 Å². The molecule has 2 aromatic heterocycles. The fourth-order valence-electron chi connectivity index (χ4n) is 4.20. The van der Waals surface area contributed by atoms with Crippen LogP contribution in [-0.2, 0) is 26.1 Å². The van der Waals surface area contributed by atoms with Crippen LogP contribution in [0, 0.1) is 0 Å². The van der Waals surface area contributed by atoms with Crippen LogP contribution >= 0.6 is 11.3 Å². The molecule has 7 nitrogen and oxygen atoms in total. The number of carbonyl (C=O) groups excluding carboxylic acids is 1. The van der Waals surface area contributed by atoms with Gasteiger partial charge in [0.25, 0.3) is 11.5 Å². The standard InChI is InChI=1S/C25H25N5O2S/c1-2-13-30-24(32)19-11-7-6-10-18(19)22(28-30)23(31)27-25-26-20-12-14-29(16-21(20)33-25)15-17-8-4-3-5-9-17/h3-11H,2,12-16H2,1H3,(H,26,27,31). The first-order chi connectivity index (χ1) is 16.1. The van der Waals surface area contributed by atoms with Gasteiger partial charge < -0.3 is 0 Å². The summed E-state index contributed by atoms with van der Waals surface area (Å²) < 4.78 is 1.38. The quantitative estimate of drug-likeness (QED) is 0.470. The Bertz CT molecular complexity index is 1360. The van der Waals surface area contributed by atoms with Crippen molar-refractivity contribution in [2.24, 2.45) is 0 Å². The van der Waals surface area contributed by atoms with E-state index < -0.39 is 0 Å². The number of aryl methyl sites for hydroxylation is 1. The fraction of sp³-hybridized carbons (Fsp3) is 0.280. The highest BCUT2D eigenvalue weighted by molar-refractivity contribution is 7.15. The molecule has 1 N–H and O–H groups in total. The number of hydrogen-bond acceptors (Lipinski definition) is 6. The molecule has 1 aliphatic rings. The highest BCUT2D eigenvalue weighted by Crippen LogP contribution is 2.29. The van der Waals surface area contributed by atoms with Crippen molar-refractivity contribution in [2.45, 2.75) is 39.4 Å². The van der Waals surface area contributed by atoms with Crippen molar-refractivity contribution in [1.82, 2.24) is 19.7 Å². The molecule has 0 atom stereocenters. The van der Waals surface area contributed by atoms with Crippen LogP contribution in [0.5, 0.6) is 0 Å². The van der Waals surface area contributed by atoms with Crippen molar-refractivity contribution in [3.05, 3.63) is 86.8 Å². The molecule has 33 heavy (non-hydrogen) atoms. The number of amides is 1. The summed E-state index contributed by atoms with van der Waals surface area (Å²) >= 11 is 1.51. The molecule has 2 aromatic carbocycles. The van der Waals surface area contributed by atoms with Gasteiger partial charge >= 0.3 is 0 Å². The van der Waals surface area contributed by atoms with E-state index in [9.17, 15) is 9.59 Å². The van der Waals surface area contributed by atoms with Crippen LogP contribution < -0.4 is 10.9 Å². The number of hydrogen-bond donors (Lipinski definition) is 1. The van der Waals surface area contributed by atoms with Gasteiger partial charge in [0.2, 0.25) is 0 Å². The monoisotopic (exact) mass is 459 g/mol. The second-order valence-corrected chi connectivity index (χ2v) is 9.30. The number of anilines is 1. The SMILES string of the molecule is CCCn1nc(C(=O)Nc2nc3c(s2)CN(Cc2ccccc2)CC3)c2ccccc2c1=O. The molecule has 0 saturated carbocycles. The maximum absolute atomic E-state index is 13.2.